The summed E-state index contributed by atoms with van der Waals surface area (Å²) in [7, 11) is 1.42. The van der Waals surface area contributed by atoms with Crippen molar-refractivity contribution < 1.29 is 38.1 Å². The van der Waals surface area contributed by atoms with E-state index in [1.807, 2.05) is 0 Å². The van der Waals surface area contributed by atoms with Crippen LogP contribution in [0.3, 0.4) is 0 Å². The summed E-state index contributed by atoms with van der Waals surface area (Å²) >= 11 is 0. The third-order valence-corrected chi connectivity index (χ3v) is 4.83. The molecule has 2 aliphatic heterocycles. The number of ether oxygens (including phenoxy) is 5. The third-order valence-electron chi connectivity index (χ3n) is 4.83. The highest BCUT2D eigenvalue weighted by molar-refractivity contribution is 5.99. The van der Waals surface area contributed by atoms with E-state index in [1.165, 1.54) is 21.0 Å². The van der Waals surface area contributed by atoms with Gasteiger partial charge in [-0.15, -0.1) is 0 Å². The van der Waals surface area contributed by atoms with Gasteiger partial charge >= 0.3 is 17.9 Å². The standard InChI is InChI=1S/C20H22O8/c1-8(2)12-7-25-17-9(3)16(24-6)15-13(14(17)18(12)26-10(4)21)20(27-11(5)22)28-19(15)23/h12,18,20H,1,7H2,2-6H3/t12-,18-,20+/m1/s1. The highest BCUT2D eigenvalue weighted by Gasteiger charge is 2.47. The lowest BCUT2D eigenvalue weighted by atomic mass is 9.83. The zero-order chi connectivity index (χ0) is 20.7. The van der Waals surface area contributed by atoms with E-state index in [4.69, 9.17) is 23.7 Å². The van der Waals surface area contributed by atoms with Crippen LogP contribution in [0.1, 0.15) is 60.2 Å². The lowest BCUT2D eigenvalue weighted by Crippen LogP contribution is -2.31. The maximum atomic E-state index is 12.6. The molecule has 0 bridgehead atoms. The molecule has 8 nitrogen and oxygen atoms in total. The smallest absolute Gasteiger partial charge is 0.345 e. The fourth-order valence-corrected chi connectivity index (χ4v) is 3.67. The van der Waals surface area contributed by atoms with Gasteiger partial charge in [0.05, 0.1) is 25.2 Å². The van der Waals surface area contributed by atoms with Gasteiger partial charge in [0.2, 0.25) is 0 Å². The second-order valence-corrected chi connectivity index (χ2v) is 6.83. The van der Waals surface area contributed by atoms with Crippen LogP contribution >= 0.6 is 0 Å². The van der Waals surface area contributed by atoms with E-state index in [9.17, 15) is 14.4 Å². The molecule has 2 aliphatic rings. The largest absolute Gasteiger partial charge is 0.495 e. The van der Waals surface area contributed by atoms with Crippen LogP contribution < -0.4 is 9.47 Å². The van der Waals surface area contributed by atoms with E-state index in [1.54, 1.807) is 13.8 Å². The van der Waals surface area contributed by atoms with Crippen molar-refractivity contribution in [3.63, 3.8) is 0 Å². The maximum absolute atomic E-state index is 12.6. The summed E-state index contributed by atoms with van der Waals surface area (Å²) in [5.41, 5.74) is 2.14. The van der Waals surface area contributed by atoms with Crippen LogP contribution in [-0.2, 0) is 23.8 Å². The molecule has 28 heavy (non-hydrogen) atoms. The number of hydrogen-bond acceptors (Lipinski definition) is 8. The Bertz CT molecular complexity index is 885. The Labute approximate surface area is 162 Å². The summed E-state index contributed by atoms with van der Waals surface area (Å²) in [6, 6.07) is 0. The Balaban J connectivity index is 2.33. The van der Waals surface area contributed by atoms with Gasteiger partial charge in [0.25, 0.3) is 6.29 Å². The first-order valence-electron chi connectivity index (χ1n) is 8.75. The molecule has 3 rings (SSSR count). The summed E-state index contributed by atoms with van der Waals surface area (Å²) in [6.07, 6.45) is -2.06. The van der Waals surface area contributed by atoms with Crippen molar-refractivity contribution in [1.29, 1.82) is 0 Å². The zero-order valence-electron chi connectivity index (χ0n) is 16.4. The van der Waals surface area contributed by atoms with Crippen LogP contribution in [-0.4, -0.2) is 31.6 Å². The SMILES string of the molecule is C=C(C)[C@H]1COc2c(C)c(OC)c3c(c2[C@@H]1OC(C)=O)[C@@H](OC(C)=O)OC3=O. The first-order chi connectivity index (χ1) is 13.2. The van der Waals surface area contributed by atoms with Crippen LogP contribution in [0.15, 0.2) is 12.2 Å². The molecule has 0 aromatic heterocycles. The molecule has 1 aromatic carbocycles. The predicted molar refractivity (Wildman–Crippen MR) is 96.0 cm³/mol. The van der Waals surface area contributed by atoms with E-state index in [0.29, 0.717) is 16.9 Å². The summed E-state index contributed by atoms with van der Waals surface area (Å²) in [4.78, 5) is 35.9. The average molecular weight is 390 g/mol. The molecule has 0 radical (unpaired) electrons. The lowest BCUT2D eigenvalue weighted by Gasteiger charge is -2.36. The molecule has 0 fully saturated rings. The molecule has 0 aliphatic carbocycles. The van der Waals surface area contributed by atoms with Crippen molar-refractivity contribution in [2.75, 3.05) is 13.7 Å². The molecule has 0 amide bonds. The average Bonchev–Trinajstić information content (AvgIpc) is 2.90. The molecule has 1 aromatic rings. The first-order valence-corrected chi connectivity index (χ1v) is 8.75. The Hall–Kier alpha value is -3.03. The van der Waals surface area contributed by atoms with E-state index in [2.05, 4.69) is 6.58 Å². The topological polar surface area (TPSA) is 97.4 Å². The number of cyclic esters (lactones) is 1. The van der Waals surface area contributed by atoms with Crippen molar-refractivity contribution >= 4 is 17.9 Å². The van der Waals surface area contributed by atoms with Crippen molar-refractivity contribution in [3.8, 4) is 11.5 Å². The van der Waals surface area contributed by atoms with Gasteiger partial charge in [0.1, 0.15) is 23.2 Å². The molecular formula is C20H22O8. The zero-order valence-corrected chi connectivity index (χ0v) is 16.4. The maximum Gasteiger partial charge on any atom is 0.345 e. The number of hydrogen-bond donors (Lipinski definition) is 0. The van der Waals surface area contributed by atoms with Gasteiger partial charge in [-0.05, 0) is 13.8 Å². The van der Waals surface area contributed by atoms with Gasteiger partial charge in [-0.2, -0.15) is 0 Å². The normalized spacial score (nSPS) is 22.3. The number of esters is 3. The second kappa shape index (κ2) is 7.18. The highest BCUT2D eigenvalue weighted by atomic mass is 16.7. The fourth-order valence-electron chi connectivity index (χ4n) is 3.67. The molecule has 150 valence electrons. The minimum absolute atomic E-state index is 0.133. The van der Waals surface area contributed by atoms with Gasteiger partial charge in [0, 0.05) is 25.0 Å². The molecule has 3 atom stereocenters. The van der Waals surface area contributed by atoms with Crippen LogP contribution in [0.2, 0.25) is 0 Å². The minimum atomic E-state index is -1.28. The monoisotopic (exact) mass is 390 g/mol. The van der Waals surface area contributed by atoms with Gasteiger partial charge in [-0.25, -0.2) is 4.79 Å². The van der Waals surface area contributed by atoms with Gasteiger partial charge in [-0.3, -0.25) is 9.59 Å². The number of carbonyl (C=O) groups excluding carboxylic acids is 3. The first kappa shape index (κ1) is 19.7. The predicted octanol–water partition coefficient (Wildman–Crippen LogP) is 2.92. The molecule has 0 saturated carbocycles. The number of benzene rings is 1. The van der Waals surface area contributed by atoms with Crippen molar-refractivity contribution in [3.05, 3.63) is 34.4 Å². The summed E-state index contributed by atoms with van der Waals surface area (Å²) < 4.78 is 27.5. The minimum Gasteiger partial charge on any atom is -0.495 e. The molecule has 0 spiro atoms. The Kier molecular flexibility index (Phi) is 5.06. The number of rotatable bonds is 4. The van der Waals surface area contributed by atoms with Crippen LogP contribution in [0.4, 0.5) is 0 Å². The van der Waals surface area contributed by atoms with Gasteiger partial charge < -0.3 is 23.7 Å². The summed E-state index contributed by atoms with van der Waals surface area (Å²) in [6.45, 7) is 10.2. The van der Waals surface area contributed by atoms with Crippen LogP contribution in [0.25, 0.3) is 0 Å². The molecule has 2 heterocycles. The Morgan fingerprint density at radius 2 is 1.75 bits per heavy atom. The second-order valence-electron chi connectivity index (χ2n) is 6.83. The summed E-state index contributed by atoms with van der Waals surface area (Å²) in [5.74, 6) is -1.49. The molecule has 8 heteroatoms. The quantitative estimate of drug-likeness (QED) is 0.572. The Morgan fingerprint density at radius 1 is 1.11 bits per heavy atom. The highest BCUT2D eigenvalue weighted by Crippen LogP contribution is 2.53. The number of fused-ring (bicyclic) bond motifs is 3. The molecule has 0 unspecified atom stereocenters. The molecular weight excluding hydrogens is 368 g/mol. The van der Waals surface area contributed by atoms with E-state index < -0.39 is 30.3 Å². The van der Waals surface area contributed by atoms with Crippen LogP contribution in [0.5, 0.6) is 11.5 Å². The van der Waals surface area contributed by atoms with Crippen molar-refractivity contribution in [2.24, 2.45) is 5.92 Å². The van der Waals surface area contributed by atoms with E-state index in [-0.39, 0.29) is 29.4 Å². The van der Waals surface area contributed by atoms with Gasteiger partial charge in [-0.1, -0.05) is 12.2 Å². The summed E-state index contributed by atoms with van der Waals surface area (Å²) in [5, 5.41) is 0. The van der Waals surface area contributed by atoms with E-state index >= 15 is 0 Å². The van der Waals surface area contributed by atoms with Crippen molar-refractivity contribution in [2.45, 2.75) is 40.1 Å². The fraction of sp³-hybridized carbons (Fsp3) is 0.450. The van der Waals surface area contributed by atoms with Crippen LogP contribution in [0, 0.1) is 12.8 Å². The van der Waals surface area contributed by atoms with E-state index in [0.717, 1.165) is 5.57 Å². The third kappa shape index (κ3) is 3.08. The number of carbonyl (C=O) groups is 3. The Morgan fingerprint density at radius 3 is 2.29 bits per heavy atom. The van der Waals surface area contributed by atoms with Crippen molar-refractivity contribution in [1.82, 2.24) is 0 Å². The molecule has 0 saturated heterocycles. The van der Waals surface area contributed by atoms with Gasteiger partial charge in [0.15, 0.2) is 0 Å². The molecule has 0 N–H and O–H groups in total. The lowest BCUT2D eigenvalue weighted by molar-refractivity contribution is -0.166. The number of methoxy groups -OCH3 is 1.